The average Bonchev–Trinajstić information content (AvgIpc) is 3.47. The van der Waals surface area contributed by atoms with Gasteiger partial charge in [-0.15, -0.1) is 0 Å². The van der Waals surface area contributed by atoms with Gasteiger partial charge in [0.15, 0.2) is 0 Å². The van der Waals surface area contributed by atoms with Gasteiger partial charge >= 0.3 is 5.97 Å². The second-order valence-electron chi connectivity index (χ2n) is 11.4. The third-order valence-electron chi connectivity index (χ3n) is 8.56. The van der Waals surface area contributed by atoms with Crippen molar-refractivity contribution < 1.29 is 14.7 Å². The van der Waals surface area contributed by atoms with Crippen LogP contribution in [0.4, 0.5) is 5.95 Å². The number of rotatable bonds is 10. The summed E-state index contributed by atoms with van der Waals surface area (Å²) in [6, 6.07) is 16.3. The molecule has 41 heavy (non-hydrogen) atoms. The number of aromatic nitrogens is 2. The van der Waals surface area contributed by atoms with Crippen molar-refractivity contribution in [2.75, 3.05) is 24.5 Å². The van der Waals surface area contributed by atoms with E-state index in [9.17, 15) is 14.7 Å². The van der Waals surface area contributed by atoms with Crippen LogP contribution in [-0.4, -0.2) is 51.5 Å². The molecule has 1 aromatic heterocycles. The summed E-state index contributed by atoms with van der Waals surface area (Å²) in [6.07, 6.45) is 10.4. The van der Waals surface area contributed by atoms with E-state index in [1.165, 1.54) is 22.4 Å². The number of carbonyl (C=O) groups is 2. The van der Waals surface area contributed by atoms with E-state index >= 15 is 0 Å². The lowest BCUT2D eigenvalue weighted by Crippen LogP contribution is -2.40. The Balaban J connectivity index is 1.46. The first kappa shape index (κ1) is 29.1. The summed E-state index contributed by atoms with van der Waals surface area (Å²) in [4.78, 5) is 39.2. The zero-order valence-corrected chi connectivity index (χ0v) is 24.5. The van der Waals surface area contributed by atoms with Crippen molar-refractivity contribution in [1.29, 1.82) is 0 Å². The molecule has 216 valence electrons. The van der Waals surface area contributed by atoms with E-state index < -0.39 is 5.97 Å². The fourth-order valence-electron chi connectivity index (χ4n) is 6.33. The van der Waals surface area contributed by atoms with Crippen molar-refractivity contribution in [1.82, 2.24) is 14.9 Å². The van der Waals surface area contributed by atoms with E-state index in [4.69, 9.17) is 21.6 Å². The Bertz CT molecular complexity index is 1360. The maximum absolute atomic E-state index is 14.0. The van der Waals surface area contributed by atoms with Gasteiger partial charge in [-0.05, 0) is 80.2 Å². The Morgan fingerprint density at radius 2 is 1.76 bits per heavy atom. The lowest BCUT2D eigenvalue weighted by atomic mass is 9.89. The number of anilines is 1. The number of aliphatic carboxylic acids is 1. The third kappa shape index (κ3) is 7.25. The van der Waals surface area contributed by atoms with Crippen LogP contribution in [0.5, 0.6) is 0 Å². The average molecular weight is 575 g/mol. The predicted octanol–water partition coefficient (Wildman–Crippen LogP) is 6.67. The summed E-state index contributed by atoms with van der Waals surface area (Å²) in [6.45, 7) is 3.05. The minimum atomic E-state index is -1.00. The molecule has 0 bridgehead atoms. The van der Waals surface area contributed by atoms with Crippen molar-refractivity contribution in [2.45, 2.75) is 70.8 Å². The number of carboxylic acids is 1. The van der Waals surface area contributed by atoms with Gasteiger partial charge in [0.05, 0.1) is 17.3 Å². The van der Waals surface area contributed by atoms with Crippen LogP contribution in [0.1, 0.15) is 83.7 Å². The lowest BCUT2D eigenvalue weighted by Gasteiger charge is -2.30. The second-order valence-corrected chi connectivity index (χ2v) is 11.9. The smallest absolute Gasteiger partial charge is 0.323 e. The number of hydrogen-bond donors (Lipinski definition) is 1. The van der Waals surface area contributed by atoms with Gasteiger partial charge in [-0.2, -0.15) is 0 Å². The van der Waals surface area contributed by atoms with Crippen LogP contribution in [-0.2, 0) is 17.6 Å². The van der Waals surface area contributed by atoms with Crippen LogP contribution in [0.3, 0.4) is 0 Å². The Morgan fingerprint density at radius 3 is 2.49 bits per heavy atom. The number of amides is 1. The van der Waals surface area contributed by atoms with E-state index in [1.807, 2.05) is 24.3 Å². The number of aryl methyl sites for hydroxylation is 3. The van der Waals surface area contributed by atoms with Crippen molar-refractivity contribution in [3.8, 4) is 0 Å². The molecule has 2 aliphatic rings. The number of benzene rings is 2. The molecular weight excluding hydrogens is 536 g/mol. The topological polar surface area (TPSA) is 86.6 Å². The minimum absolute atomic E-state index is 0.132. The number of hydrogen-bond acceptors (Lipinski definition) is 5. The molecule has 7 nitrogen and oxygen atoms in total. The Kier molecular flexibility index (Phi) is 9.55. The normalized spacial score (nSPS) is 17.5. The van der Waals surface area contributed by atoms with Crippen LogP contribution in [0.2, 0.25) is 5.02 Å². The van der Waals surface area contributed by atoms with Gasteiger partial charge in [0, 0.05) is 24.3 Å². The van der Waals surface area contributed by atoms with Crippen molar-refractivity contribution in [3.63, 3.8) is 0 Å². The molecule has 1 amide bonds. The number of carbonyl (C=O) groups excluding carboxylic acids is 1. The fourth-order valence-corrected chi connectivity index (χ4v) is 6.46. The molecule has 8 heteroatoms. The quantitative estimate of drug-likeness (QED) is 0.291. The second kappa shape index (κ2) is 13.5. The maximum Gasteiger partial charge on any atom is 0.323 e. The Morgan fingerprint density at radius 1 is 1.00 bits per heavy atom. The highest BCUT2D eigenvalue weighted by Gasteiger charge is 2.31. The van der Waals surface area contributed by atoms with Gasteiger partial charge < -0.3 is 14.9 Å². The number of halogens is 1. The zero-order chi connectivity index (χ0) is 28.8. The Hall–Kier alpha value is -3.45. The molecule has 1 N–H and O–H groups in total. The first-order chi connectivity index (χ1) is 19.9. The largest absolute Gasteiger partial charge is 0.480 e. The molecule has 5 rings (SSSR count). The molecule has 1 aliphatic heterocycles. The van der Waals surface area contributed by atoms with E-state index in [0.717, 1.165) is 57.1 Å². The maximum atomic E-state index is 14.0. The summed E-state index contributed by atoms with van der Waals surface area (Å²) in [5.74, 6) is -0.362. The van der Waals surface area contributed by atoms with Crippen molar-refractivity contribution in [3.05, 3.63) is 87.7 Å². The summed E-state index contributed by atoms with van der Waals surface area (Å²) in [5, 5.41) is 10.4. The van der Waals surface area contributed by atoms with Gasteiger partial charge in [-0.25, -0.2) is 9.97 Å². The first-order valence-corrected chi connectivity index (χ1v) is 15.2. The zero-order valence-electron chi connectivity index (χ0n) is 23.8. The molecule has 1 aliphatic carbocycles. The Labute approximate surface area is 247 Å². The van der Waals surface area contributed by atoms with Gasteiger partial charge in [0.25, 0.3) is 5.91 Å². The molecule has 0 spiro atoms. The fraction of sp³-hybridized carbons (Fsp3) is 0.455. The summed E-state index contributed by atoms with van der Waals surface area (Å²) in [5.41, 5.74) is 4.64. The highest BCUT2D eigenvalue weighted by molar-refractivity contribution is 6.30. The third-order valence-corrected chi connectivity index (χ3v) is 8.81. The molecule has 1 atom stereocenters. The van der Waals surface area contributed by atoms with E-state index in [-0.39, 0.29) is 18.5 Å². The van der Waals surface area contributed by atoms with E-state index in [0.29, 0.717) is 41.1 Å². The van der Waals surface area contributed by atoms with E-state index in [1.54, 1.807) is 6.20 Å². The highest BCUT2D eigenvalue weighted by atomic mass is 35.5. The van der Waals surface area contributed by atoms with Gasteiger partial charge in [0.2, 0.25) is 5.95 Å². The molecule has 1 saturated heterocycles. The van der Waals surface area contributed by atoms with Gasteiger partial charge in [-0.3, -0.25) is 9.59 Å². The SMILES string of the molecule is Cc1ccccc1CCc1nc(N2CCC[C@@H]2c2ccc(Cl)cc2)ncc1C(=O)N(CC(=O)O)CC1CCCCC1. The van der Waals surface area contributed by atoms with Crippen molar-refractivity contribution in [2.24, 2.45) is 5.92 Å². The molecule has 3 aromatic rings. The molecular formula is C33H39ClN4O3. The molecule has 0 unspecified atom stereocenters. The number of carboxylic acid groups (broad SMARTS) is 1. The molecule has 2 aromatic carbocycles. The highest BCUT2D eigenvalue weighted by Crippen LogP contribution is 2.35. The molecule has 2 heterocycles. The van der Waals surface area contributed by atoms with Crippen LogP contribution in [0.25, 0.3) is 0 Å². The van der Waals surface area contributed by atoms with Gasteiger partial charge in [-0.1, -0.05) is 67.3 Å². The molecule has 1 saturated carbocycles. The van der Waals surface area contributed by atoms with Crippen LogP contribution >= 0.6 is 11.6 Å². The minimum Gasteiger partial charge on any atom is -0.480 e. The van der Waals surface area contributed by atoms with Crippen LogP contribution in [0, 0.1) is 12.8 Å². The number of nitrogens with zero attached hydrogens (tertiary/aromatic N) is 4. The van der Waals surface area contributed by atoms with Crippen LogP contribution in [0.15, 0.2) is 54.7 Å². The van der Waals surface area contributed by atoms with Gasteiger partial charge in [0.1, 0.15) is 6.54 Å². The lowest BCUT2D eigenvalue weighted by molar-refractivity contribution is -0.137. The van der Waals surface area contributed by atoms with Crippen LogP contribution < -0.4 is 4.90 Å². The molecule has 0 radical (unpaired) electrons. The molecule has 2 fully saturated rings. The summed E-state index contributed by atoms with van der Waals surface area (Å²) in [7, 11) is 0. The summed E-state index contributed by atoms with van der Waals surface area (Å²) < 4.78 is 0. The summed E-state index contributed by atoms with van der Waals surface area (Å²) >= 11 is 6.14. The first-order valence-electron chi connectivity index (χ1n) is 14.8. The standard InChI is InChI=1S/C33H39ClN4O3/c1-23-8-5-6-11-25(23)15-18-29-28(32(41)37(22-31(39)40)21-24-9-3-2-4-10-24)20-35-33(36-29)38-19-7-12-30(38)26-13-16-27(34)17-14-26/h5-6,8,11,13-14,16-17,20,24,30H,2-4,7,9-10,12,15,18-19,21-22H2,1H3,(H,39,40)/t30-/m1/s1. The predicted molar refractivity (Wildman–Crippen MR) is 162 cm³/mol. The van der Waals surface area contributed by atoms with Crippen molar-refractivity contribution >= 4 is 29.4 Å². The van der Waals surface area contributed by atoms with E-state index in [2.05, 4.69) is 36.1 Å². The monoisotopic (exact) mass is 574 g/mol.